The van der Waals surface area contributed by atoms with Crippen molar-refractivity contribution < 1.29 is 9.32 Å². The molecule has 0 radical (unpaired) electrons. The number of hydrogen-bond acceptors (Lipinski definition) is 5. The van der Waals surface area contributed by atoms with E-state index in [1.807, 2.05) is 54.6 Å². The number of aryl methyl sites for hydroxylation is 1. The molecule has 4 rings (SSSR count). The van der Waals surface area contributed by atoms with Crippen molar-refractivity contribution >= 4 is 40.6 Å². The van der Waals surface area contributed by atoms with Crippen LogP contribution >= 0.6 is 11.6 Å². The first-order chi connectivity index (χ1) is 13.5. The molecular formula is C21H15ClN4O2. The molecule has 138 valence electrons. The molecule has 2 aromatic heterocycles. The van der Waals surface area contributed by atoms with E-state index >= 15 is 0 Å². The fourth-order valence-electron chi connectivity index (χ4n) is 2.87. The number of rotatable bonds is 4. The van der Waals surface area contributed by atoms with E-state index in [4.69, 9.17) is 21.9 Å². The summed E-state index contributed by atoms with van der Waals surface area (Å²) in [5.41, 5.74) is 8.55. The summed E-state index contributed by atoms with van der Waals surface area (Å²) in [5, 5.41) is 5.53. The summed E-state index contributed by atoms with van der Waals surface area (Å²) in [7, 11) is 0. The van der Waals surface area contributed by atoms with Gasteiger partial charge in [-0.15, -0.1) is 0 Å². The van der Waals surface area contributed by atoms with Crippen LogP contribution in [-0.2, 0) is 0 Å². The van der Waals surface area contributed by atoms with E-state index in [9.17, 15) is 4.79 Å². The van der Waals surface area contributed by atoms with Gasteiger partial charge in [-0.05, 0) is 36.8 Å². The van der Waals surface area contributed by atoms with Gasteiger partial charge in [0.1, 0.15) is 17.0 Å². The highest BCUT2D eigenvalue weighted by Gasteiger charge is 2.19. The zero-order valence-electron chi connectivity index (χ0n) is 14.9. The number of fused-ring (bicyclic) bond motifs is 1. The molecule has 28 heavy (non-hydrogen) atoms. The number of amides is 1. The number of benzene rings is 2. The van der Waals surface area contributed by atoms with Crippen LogP contribution in [0, 0.1) is 6.92 Å². The molecule has 0 atom stereocenters. The summed E-state index contributed by atoms with van der Waals surface area (Å²) in [4.78, 5) is 20.7. The molecule has 2 N–H and O–H groups in total. The predicted molar refractivity (Wildman–Crippen MR) is 109 cm³/mol. The molecule has 0 unspecified atom stereocenters. The second-order valence-corrected chi connectivity index (χ2v) is 6.65. The standard InChI is InChI=1S/C21H15ClN4O2/c1-12-19(21(23)27)20(26-28-12)14-5-6-15-11-24-18(25-17(15)10-14)9-4-13-2-7-16(22)8-3-13/h2-11H,1H3,(H2,23,27). The van der Waals surface area contributed by atoms with Crippen LogP contribution < -0.4 is 5.73 Å². The van der Waals surface area contributed by atoms with Crippen molar-refractivity contribution in [2.45, 2.75) is 6.92 Å². The summed E-state index contributed by atoms with van der Waals surface area (Å²) < 4.78 is 5.14. The number of carbonyl (C=O) groups is 1. The minimum atomic E-state index is -0.580. The van der Waals surface area contributed by atoms with Crippen LogP contribution in [-0.4, -0.2) is 21.0 Å². The van der Waals surface area contributed by atoms with Gasteiger partial charge >= 0.3 is 0 Å². The van der Waals surface area contributed by atoms with Crippen LogP contribution in [0.2, 0.25) is 5.02 Å². The van der Waals surface area contributed by atoms with Gasteiger partial charge < -0.3 is 10.3 Å². The Morgan fingerprint density at radius 1 is 1.14 bits per heavy atom. The smallest absolute Gasteiger partial charge is 0.254 e. The van der Waals surface area contributed by atoms with Crippen LogP contribution in [0.4, 0.5) is 0 Å². The van der Waals surface area contributed by atoms with Gasteiger partial charge in [-0.2, -0.15) is 0 Å². The molecule has 1 amide bonds. The number of aromatic nitrogens is 3. The average Bonchev–Trinajstić information content (AvgIpc) is 3.08. The SMILES string of the molecule is Cc1onc(-c2ccc3cnc(C=Cc4ccc(Cl)cc4)nc3c2)c1C(N)=O. The van der Waals surface area contributed by atoms with E-state index in [2.05, 4.69) is 15.1 Å². The van der Waals surface area contributed by atoms with Gasteiger partial charge in [0.15, 0.2) is 5.82 Å². The molecule has 0 bridgehead atoms. The Morgan fingerprint density at radius 3 is 2.68 bits per heavy atom. The summed E-state index contributed by atoms with van der Waals surface area (Å²) in [5.74, 6) is 0.367. The molecule has 4 aromatic rings. The number of nitrogens with two attached hydrogens (primary N) is 1. The molecule has 0 saturated heterocycles. The van der Waals surface area contributed by atoms with Crippen LogP contribution in [0.25, 0.3) is 34.3 Å². The fourth-order valence-corrected chi connectivity index (χ4v) is 3.00. The van der Waals surface area contributed by atoms with Gasteiger partial charge in [-0.25, -0.2) is 9.97 Å². The molecule has 2 heterocycles. The molecule has 6 nitrogen and oxygen atoms in total. The summed E-state index contributed by atoms with van der Waals surface area (Å²) in [6.45, 7) is 1.65. The minimum absolute atomic E-state index is 0.274. The fraction of sp³-hybridized carbons (Fsp3) is 0.0476. The van der Waals surface area contributed by atoms with Gasteiger partial charge in [0.25, 0.3) is 5.91 Å². The largest absolute Gasteiger partial charge is 0.365 e. The third-order valence-corrected chi connectivity index (χ3v) is 4.53. The summed E-state index contributed by atoms with van der Waals surface area (Å²) in [6, 6.07) is 13.0. The van der Waals surface area contributed by atoms with E-state index in [-0.39, 0.29) is 5.56 Å². The van der Waals surface area contributed by atoms with Gasteiger partial charge in [-0.1, -0.05) is 47.1 Å². The van der Waals surface area contributed by atoms with Gasteiger partial charge in [0.2, 0.25) is 0 Å². The molecule has 2 aromatic carbocycles. The zero-order chi connectivity index (χ0) is 19.7. The lowest BCUT2D eigenvalue weighted by atomic mass is 10.0. The maximum atomic E-state index is 11.7. The van der Waals surface area contributed by atoms with Crippen LogP contribution in [0.1, 0.15) is 27.5 Å². The Hall–Kier alpha value is -3.51. The van der Waals surface area contributed by atoms with Crippen molar-refractivity contribution in [1.29, 1.82) is 0 Å². The number of nitrogens with zero attached hydrogens (tertiary/aromatic N) is 3. The van der Waals surface area contributed by atoms with E-state index < -0.39 is 5.91 Å². The van der Waals surface area contributed by atoms with Crippen molar-refractivity contribution in [2.75, 3.05) is 0 Å². The van der Waals surface area contributed by atoms with Gasteiger partial charge in [0, 0.05) is 22.2 Å². The van der Waals surface area contributed by atoms with Crippen LogP contribution in [0.15, 0.2) is 53.2 Å². The van der Waals surface area contributed by atoms with Gasteiger partial charge in [0.05, 0.1) is 5.52 Å². The highest BCUT2D eigenvalue weighted by molar-refractivity contribution is 6.30. The van der Waals surface area contributed by atoms with Gasteiger partial charge in [-0.3, -0.25) is 4.79 Å². The van der Waals surface area contributed by atoms with E-state index in [1.54, 1.807) is 13.1 Å². The number of halogens is 1. The van der Waals surface area contributed by atoms with Crippen molar-refractivity contribution in [2.24, 2.45) is 5.73 Å². The van der Waals surface area contributed by atoms with Crippen LogP contribution in [0.3, 0.4) is 0 Å². The lowest BCUT2D eigenvalue weighted by Crippen LogP contribution is -2.12. The van der Waals surface area contributed by atoms with Crippen molar-refractivity contribution in [3.63, 3.8) is 0 Å². The average molecular weight is 391 g/mol. The third kappa shape index (κ3) is 3.50. The zero-order valence-corrected chi connectivity index (χ0v) is 15.6. The molecule has 0 aliphatic carbocycles. The first-order valence-corrected chi connectivity index (χ1v) is 8.86. The van der Waals surface area contributed by atoms with Crippen molar-refractivity contribution in [3.8, 4) is 11.3 Å². The quantitative estimate of drug-likeness (QED) is 0.553. The Kier molecular flexibility index (Phi) is 4.63. The Balaban J connectivity index is 1.71. The topological polar surface area (TPSA) is 94.9 Å². The molecule has 0 aliphatic rings. The van der Waals surface area contributed by atoms with E-state index in [1.165, 1.54) is 0 Å². The highest BCUT2D eigenvalue weighted by Crippen LogP contribution is 2.27. The van der Waals surface area contributed by atoms with Crippen LogP contribution in [0.5, 0.6) is 0 Å². The minimum Gasteiger partial charge on any atom is -0.365 e. The second kappa shape index (κ2) is 7.25. The number of primary amides is 1. The molecule has 0 saturated carbocycles. The Morgan fingerprint density at radius 2 is 1.93 bits per heavy atom. The predicted octanol–water partition coefficient (Wildman–Crippen LogP) is 4.52. The molecule has 7 heteroatoms. The highest BCUT2D eigenvalue weighted by atomic mass is 35.5. The maximum Gasteiger partial charge on any atom is 0.254 e. The number of carbonyl (C=O) groups excluding carboxylic acids is 1. The summed E-state index contributed by atoms with van der Waals surface area (Å²) >= 11 is 5.90. The first-order valence-electron chi connectivity index (χ1n) is 8.48. The molecule has 0 fully saturated rings. The monoisotopic (exact) mass is 390 g/mol. The summed E-state index contributed by atoms with van der Waals surface area (Å²) in [6.07, 6.45) is 5.48. The lowest BCUT2D eigenvalue weighted by Gasteiger charge is -2.03. The maximum absolute atomic E-state index is 11.7. The normalized spacial score (nSPS) is 11.4. The Bertz CT molecular complexity index is 1210. The van der Waals surface area contributed by atoms with Crippen molar-refractivity contribution in [1.82, 2.24) is 15.1 Å². The van der Waals surface area contributed by atoms with E-state index in [0.29, 0.717) is 27.9 Å². The lowest BCUT2D eigenvalue weighted by molar-refractivity contribution is 0.0999. The molecule has 0 spiro atoms. The van der Waals surface area contributed by atoms with Crippen molar-refractivity contribution in [3.05, 3.63) is 76.4 Å². The molecule has 0 aliphatic heterocycles. The Labute approximate surface area is 165 Å². The third-order valence-electron chi connectivity index (χ3n) is 4.28. The van der Waals surface area contributed by atoms with E-state index in [0.717, 1.165) is 16.5 Å². The number of hydrogen-bond donors (Lipinski definition) is 1. The first kappa shape index (κ1) is 17.9. The molecular weight excluding hydrogens is 376 g/mol. The second-order valence-electron chi connectivity index (χ2n) is 6.21.